The Labute approximate surface area is 85.9 Å². The van der Waals surface area contributed by atoms with Crippen LogP contribution >= 0.6 is 12.6 Å². The van der Waals surface area contributed by atoms with E-state index in [1.54, 1.807) is 0 Å². The molecule has 1 atom stereocenters. The van der Waals surface area contributed by atoms with Crippen LogP contribution in [0.5, 0.6) is 0 Å². The van der Waals surface area contributed by atoms with Gasteiger partial charge in [0.15, 0.2) is 0 Å². The van der Waals surface area contributed by atoms with Gasteiger partial charge in [-0.05, 0) is 23.6 Å². The molecule has 0 aliphatic carbocycles. The molecule has 0 aliphatic heterocycles. The van der Waals surface area contributed by atoms with Crippen LogP contribution in [0.4, 0.5) is 0 Å². The van der Waals surface area contributed by atoms with Crippen molar-refractivity contribution in [1.29, 1.82) is 0 Å². The van der Waals surface area contributed by atoms with E-state index in [0.717, 1.165) is 12.1 Å². The van der Waals surface area contributed by atoms with Crippen LogP contribution in [-0.4, -0.2) is 18.3 Å². The predicted octanol–water partition coefficient (Wildman–Crippen LogP) is 1.56. The Bertz CT molecular complexity index is 248. The fourth-order valence-electron chi connectivity index (χ4n) is 1.25. The molecule has 0 fully saturated rings. The Balaban J connectivity index is 2.69. The minimum absolute atomic E-state index is 0.224. The van der Waals surface area contributed by atoms with Gasteiger partial charge < -0.3 is 5.02 Å². The zero-order chi connectivity index (χ0) is 9.68. The van der Waals surface area contributed by atoms with Gasteiger partial charge in [0.1, 0.15) is 0 Å². The minimum atomic E-state index is 0.224. The van der Waals surface area contributed by atoms with Gasteiger partial charge in [-0.2, -0.15) is 12.6 Å². The molecular formula is C10H15BOS. The molecule has 1 aromatic rings. The lowest BCUT2D eigenvalue weighted by Crippen LogP contribution is -1.97. The monoisotopic (exact) mass is 194 g/mol. The second-order valence-electron chi connectivity index (χ2n) is 3.30. The minimum Gasteiger partial charge on any atom is -0.454 e. The van der Waals surface area contributed by atoms with Crippen LogP contribution in [0, 0.1) is 0 Å². The van der Waals surface area contributed by atoms with E-state index in [1.807, 2.05) is 0 Å². The molecule has 0 aliphatic rings. The molecule has 70 valence electrons. The number of hydrogen-bond donors (Lipinski definition) is 2. The summed E-state index contributed by atoms with van der Waals surface area (Å²) in [5.74, 6) is 1.38. The molecule has 0 radical (unpaired) electrons. The maximum absolute atomic E-state index is 8.73. The van der Waals surface area contributed by atoms with Crippen molar-refractivity contribution >= 4 is 20.1 Å². The van der Waals surface area contributed by atoms with Gasteiger partial charge in [-0.25, -0.2) is 0 Å². The summed E-state index contributed by atoms with van der Waals surface area (Å²) in [6, 6.07) is 8.38. The summed E-state index contributed by atoms with van der Waals surface area (Å²) in [5.41, 5.74) is 2.51. The lowest BCUT2D eigenvalue weighted by atomic mass is 9.89. The Kier molecular flexibility index (Phi) is 4.39. The van der Waals surface area contributed by atoms with Crippen molar-refractivity contribution in [2.45, 2.75) is 19.2 Å². The molecule has 3 heteroatoms. The van der Waals surface area contributed by atoms with Gasteiger partial charge in [-0.15, -0.1) is 0 Å². The van der Waals surface area contributed by atoms with Crippen molar-refractivity contribution in [1.82, 2.24) is 0 Å². The highest BCUT2D eigenvalue weighted by molar-refractivity contribution is 7.80. The molecule has 0 spiro atoms. The van der Waals surface area contributed by atoms with Crippen LogP contribution in [0.2, 0.25) is 0 Å². The summed E-state index contributed by atoms with van der Waals surface area (Å²) in [6.07, 6.45) is 0.746. The van der Waals surface area contributed by atoms with Crippen molar-refractivity contribution in [2.75, 3.05) is 5.75 Å². The zero-order valence-corrected chi connectivity index (χ0v) is 8.80. The Morgan fingerprint density at radius 1 is 1.38 bits per heavy atom. The standard InChI is InChI=1S/C10H15BOS/c1-8(7-13)10-4-2-9(3-5-10)6-11-12/h2-5,8,11-13H,6-7H2,1H3. The first-order valence-corrected chi connectivity index (χ1v) is 5.21. The van der Waals surface area contributed by atoms with Gasteiger partial charge in [0.25, 0.3) is 7.48 Å². The first-order valence-electron chi connectivity index (χ1n) is 4.58. The third-order valence-electron chi connectivity index (χ3n) is 2.22. The Hall–Kier alpha value is -0.405. The van der Waals surface area contributed by atoms with Gasteiger partial charge in [0.05, 0.1) is 0 Å². The van der Waals surface area contributed by atoms with Crippen molar-refractivity contribution in [3.63, 3.8) is 0 Å². The van der Waals surface area contributed by atoms with Crippen LogP contribution in [0.25, 0.3) is 0 Å². The average molecular weight is 194 g/mol. The molecule has 1 rings (SSSR count). The van der Waals surface area contributed by atoms with Crippen LogP contribution in [0.3, 0.4) is 0 Å². The van der Waals surface area contributed by atoms with Gasteiger partial charge in [0.2, 0.25) is 0 Å². The molecule has 0 saturated carbocycles. The summed E-state index contributed by atoms with van der Waals surface area (Å²) < 4.78 is 0. The van der Waals surface area contributed by atoms with E-state index < -0.39 is 0 Å². The second-order valence-corrected chi connectivity index (χ2v) is 3.66. The molecule has 0 bridgehead atoms. The van der Waals surface area contributed by atoms with Crippen molar-refractivity contribution in [2.24, 2.45) is 0 Å². The van der Waals surface area contributed by atoms with Crippen LogP contribution in [0.1, 0.15) is 24.0 Å². The van der Waals surface area contributed by atoms with Crippen molar-refractivity contribution < 1.29 is 5.02 Å². The predicted molar refractivity (Wildman–Crippen MR) is 61.8 cm³/mol. The van der Waals surface area contributed by atoms with Crippen molar-refractivity contribution in [3.05, 3.63) is 35.4 Å². The lowest BCUT2D eigenvalue weighted by Gasteiger charge is -2.08. The van der Waals surface area contributed by atoms with E-state index in [1.165, 1.54) is 11.1 Å². The summed E-state index contributed by atoms with van der Waals surface area (Å²) in [7, 11) is 0.224. The first kappa shape index (κ1) is 10.7. The maximum Gasteiger partial charge on any atom is 0.275 e. The number of thiol groups is 1. The van der Waals surface area contributed by atoms with E-state index in [9.17, 15) is 0 Å². The summed E-state index contributed by atoms with van der Waals surface area (Å²) >= 11 is 4.25. The van der Waals surface area contributed by atoms with E-state index >= 15 is 0 Å². The zero-order valence-electron chi connectivity index (χ0n) is 7.90. The highest BCUT2D eigenvalue weighted by Gasteiger charge is 2.02. The topological polar surface area (TPSA) is 20.2 Å². The Morgan fingerprint density at radius 3 is 2.46 bits per heavy atom. The van der Waals surface area contributed by atoms with Gasteiger partial charge in [-0.1, -0.05) is 36.8 Å². The van der Waals surface area contributed by atoms with Crippen LogP contribution in [-0.2, 0) is 6.32 Å². The molecule has 1 nitrogen and oxygen atoms in total. The molecule has 13 heavy (non-hydrogen) atoms. The molecule has 0 saturated heterocycles. The summed E-state index contributed by atoms with van der Waals surface area (Å²) in [5, 5.41) is 8.73. The highest BCUT2D eigenvalue weighted by atomic mass is 32.1. The SMILES string of the molecule is CC(CS)c1ccc(CBO)cc1. The molecule has 0 aromatic heterocycles. The largest absolute Gasteiger partial charge is 0.454 e. The molecular weight excluding hydrogens is 179 g/mol. The van der Waals surface area contributed by atoms with E-state index in [-0.39, 0.29) is 7.48 Å². The van der Waals surface area contributed by atoms with Crippen LogP contribution < -0.4 is 0 Å². The summed E-state index contributed by atoms with van der Waals surface area (Å²) in [4.78, 5) is 0. The van der Waals surface area contributed by atoms with Crippen LogP contribution in [0.15, 0.2) is 24.3 Å². The average Bonchev–Trinajstić information content (AvgIpc) is 2.18. The molecule has 1 unspecified atom stereocenters. The second kappa shape index (κ2) is 5.35. The maximum atomic E-state index is 8.73. The Morgan fingerprint density at radius 2 is 2.00 bits per heavy atom. The quantitative estimate of drug-likeness (QED) is 0.550. The van der Waals surface area contributed by atoms with E-state index in [0.29, 0.717) is 5.92 Å². The molecule has 0 heterocycles. The number of hydrogen-bond acceptors (Lipinski definition) is 2. The summed E-state index contributed by atoms with van der Waals surface area (Å²) in [6.45, 7) is 2.16. The smallest absolute Gasteiger partial charge is 0.275 e. The highest BCUT2D eigenvalue weighted by Crippen LogP contribution is 2.16. The lowest BCUT2D eigenvalue weighted by molar-refractivity contribution is 0.600. The first-order chi connectivity index (χ1) is 6.27. The van der Waals surface area contributed by atoms with Gasteiger partial charge in [0, 0.05) is 0 Å². The number of rotatable bonds is 4. The van der Waals surface area contributed by atoms with E-state index in [4.69, 9.17) is 5.02 Å². The fourth-order valence-corrected chi connectivity index (χ4v) is 1.46. The fraction of sp³-hybridized carbons (Fsp3) is 0.400. The van der Waals surface area contributed by atoms with Crippen molar-refractivity contribution in [3.8, 4) is 0 Å². The third kappa shape index (κ3) is 3.09. The number of benzene rings is 1. The normalized spacial score (nSPS) is 12.5. The molecule has 1 N–H and O–H groups in total. The molecule has 0 amide bonds. The third-order valence-corrected chi connectivity index (χ3v) is 2.77. The van der Waals surface area contributed by atoms with Gasteiger partial charge >= 0.3 is 0 Å². The van der Waals surface area contributed by atoms with Gasteiger partial charge in [-0.3, -0.25) is 0 Å². The van der Waals surface area contributed by atoms with E-state index in [2.05, 4.69) is 43.8 Å². The molecule has 1 aromatic carbocycles.